The number of aryl methyl sites for hydroxylation is 1. The van der Waals surface area contributed by atoms with Crippen molar-refractivity contribution in [1.82, 2.24) is 0 Å². The molecule has 3 N–H and O–H groups in total. The van der Waals surface area contributed by atoms with Crippen LogP contribution in [0.15, 0.2) is 30.3 Å². The molecular formula is C10H14N2O. The Balaban J connectivity index is 0.000000424. The van der Waals surface area contributed by atoms with Gasteiger partial charge in [0.2, 0.25) is 0 Å². The zero-order chi connectivity index (χ0) is 9.94. The van der Waals surface area contributed by atoms with Gasteiger partial charge in [-0.15, -0.1) is 0 Å². The third-order valence-corrected chi connectivity index (χ3v) is 1.47. The second-order valence-corrected chi connectivity index (χ2v) is 2.44. The Hall–Kier alpha value is -1.53. The van der Waals surface area contributed by atoms with Gasteiger partial charge >= 0.3 is 0 Å². The number of benzene rings is 1. The van der Waals surface area contributed by atoms with E-state index >= 15 is 0 Å². The van der Waals surface area contributed by atoms with Crippen LogP contribution >= 0.6 is 0 Å². The van der Waals surface area contributed by atoms with E-state index in [1.54, 1.807) is 0 Å². The van der Waals surface area contributed by atoms with Crippen LogP contribution in [0.3, 0.4) is 0 Å². The van der Waals surface area contributed by atoms with Crippen LogP contribution in [0, 0.1) is 11.5 Å². The summed E-state index contributed by atoms with van der Waals surface area (Å²) in [5.41, 5.74) is 5.46. The Bertz CT molecular complexity index is 241. The fourth-order valence-electron chi connectivity index (χ4n) is 0.928. The summed E-state index contributed by atoms with van der Waals surface area (Å²) in [5.74, 6) is 0. The van der Waals surface area contributed by atoms with Gasteiger partial charge in [0.25, 0.3) is 0 Å². The normalized spacial score (nSPS) is 8.00. The van der Waals surface area contributed by atoms with E-state index in [1.165, 1.54) is 11.8 Å². The molecule has 0 unspecified atom stereocenters. The van der Waals surface area contributed by atoms with E-state index in [-0.39, 0.29) is 6.61 Å². The lowest BCUT2D eigenvalue weighted by molar-refractivity contribution is 0.288. The molecule has 0 aliphatic heterocycles. The monoisotopic (exact) mass is 178 g/mol. The molecule has 0 saturated carbocycles. The summed E-state index contributed by atoms with van der Waals surface area (Å²) in [5, 5.41) is 15.6. The highest BCUT2D eigenvalue weighted by Crippen LogP contribution is 2.00. The van der Waals surface area contributed by atoms with Gasteiger partial charge in [-0.2, -0.15) is 5.26 Å². The minimum absolute atomic E-state index is 0.287. The lowest BCUT2D eigenvalue weighted by Gasteiger charge is -1.96. The number of rotatable bonds is 3. The molecule has 0 aliphatic rings. The second-order valence-electron chi connectivity index (χ2n) is 2.44. The Morgan fingerprint density at radius 3 is 2.31 bits per heavy atom. The van der Waals surface area contributed by atoms with E-state index in [9.17, 15) is 0 Å². The highest BCUT2D eigenvalue weighted by atomic mass is 16.2. The van der Waals surface area contributed by atoms with Gasteiger partial charge < -0.3 is 10.8 Å². The van der Waals surface area contributed by atoms with Gasteiger partial charge in [-0.25, -0.2) is 0 Å². The van der Waals surface area contributed by atoms with E-state index in [2.05, 4.69) is 17.9 Å². The molecule has 70 valence electrons. The van der Waals surface area contributed by atoms with Crippen LogP contribution < -0.4 is 5.73 Å². The molecule has 0 atom stereocenters. The summed E-state index contributed by atoms with van der Waals surface area (Å²) in [6.45, 7) is 0.287. The van der Waals surface area contributed by atoms with E-state index in [4.69, 9.17) is 10.4 Å². The maximum atomic E-state index is 8.53. The molecule has 0 heterocycles. The second kappa shape index (κ2) is 8.57. The average Bonchev–Trinajstić information content (AvgIpc) is 2.18. The number of hydrogen-bond acceptors (Lipinski definition) is 3. The largest absolute Gasteiger partial charge is 0.396 e. The third kappa shape index (κ3) is 6.85. The van der Waals surface area contributed by atoms with Crippen LogP contribution in [0.4, 0.5) is 0 Å². The Morgan fingerprint density at radius 2 is 1.85 bits per heavy atom. The first-order valence-corrected chi connectivity index (χ1v) is 4.09. The van der Waals surface area contributed by atoms with Gasteiger partial charge in [0, 0.05) is 6.61 Å². The van der Waals surface area contributed by atoms with Crippen LogP contribution in [-0.4, -0.2) is 11.7 Å². The molecule has 1 aromatic carbocycles. The van der Waals surface area contributed by atoms with Gasteiger partial charge in [-0.05, 0) is 18.4 Å². The molecule has 0 spiro atoms. The SMILES string of the molecule is N#CN.OCCCc1ccccc1. The first-order valence-electron chi connectivity index (χ1n) is 4.09. The molecule has 0 saturated heterocycles. The van der Waals surface area contributed by atoms with E-state index in [1.807, 2.05) is 18.2 Å². The number of aliphatic hydroxyl groups is 1. The quantitative estimate of drug-likeness (QED) is 0.536. The van der Waals surface area contributed by atoms with Crippen molar-refractivity contribution in [3.63, 3.8) is 0 Å². The van der Waals surface area contributed by atoms with Crippen LogP contribution in [0.1, 0.15) is 12.0 Å². The molecule has 0 bridgehead atoms. The summed E-state index contributed by atoms with van der Waals surface area (Å²) in [4.78, 5) is 0. The molecule has 0 amide bonds. The van der Waals surface area contributed by atoms with Gasteiger partial charge in [0.05, 0.1) is 0 Å². The van der Waals surface area contributed by atoms with Gasteiger partial charge in [-0.3, -0.25) is 0 Å². The van der Waals surface area contributed by atoms with Gasteiger partial charge in [0.1, 0.15) is 0 Å². The van der Waals surface area contributed by atoms with Gasteiger partial charge in [0.15, 0.2) is 6.19 Å². The fourth-order valence-corrected chi connectivity index (χ4v) is 0.928. The van der Waals surface area contributed by atoms with Crippen LogP contribution in [0.25, 0.3) is 0 Å². The number of aliphatic hydroxyl groups excluding tert-OH is 1. The predicted molar refractivity (Wildman–Crippen MR) is 51.6 cm³/mol. The first kappa shape index (κ1) is 11.5. The lowest BCUT2D eigenvalue weighted by atomic mass is 10.1. The van der Waals surface area contributed by atoms with E-state index in [0.717, 1.165) is 12.8 Å². The smallest absolute Gasteiger partial charge is 0.173 e. The van der Waals surface area contributed by atoms with Crippen LogP contribution in [-0.2, 0) is 6.42 Å². The zero-order valence-electron chi connectivity index (χ0n) is 7.48. The average molecular weight is 178 g/mol. The Kier molecular flexibility index (Phi) is 7.56. The highest BCUT2D eigenvalue weighted by molar-refractivity contribution is 5.14. The van der Waals surface area contributed by atoms with E-state index in [0.29, 0.717) is 0 Å². The van der Waals surface area contributed by atoms with Crippen molar-refractivity contribution >= 4 is 0 Å². The molecule has 3 nitrogen and oxygen atoms in total. The summed E-state index contributed by atoms with van der Waals surface area (Å²) in [6, 6.07) is 10.2. The Labute approximate surface area is 78.4 Å². The Morgan fingerprint density at radius 1 is 1.31 bits per heavy atom. The molecule has 0 aliphatic carbocycles. The van der Waals surface area contributed by atoms with Crippen molar-refractivity contribution in [3.05, 3.63) is 35.9 Å². The highest BCUT2D eigenvalue weighted by Gasteiger charge is 1.87. The van der Waals surface area contributed by atoms with Crippen molar-refractivity contribution in [2.24, 2.45) is 5.73 Å². The topological polar surface area (TPSA) is 70.0 Å². The molecule has 1 aromatic rings. The van der Waals surface area contributed by atoms with Crippen molar-refractivity contribution in [2.45, 2.75) is 12.8 Å². The minimum Gasteiger partial charge on any atom is -0.396 e. The molecule has 0 aromatic heterocycles. The number of hydrogen-bond donors (Lipinski definition) is 2. The van der Waals surface area contributed by atoms with Crippen molar-refractivity contribution in [3.8, 4) is 6.19 Å². The molecule has 0 fully saturated rings. The molecule has 0 radical (unpaired) electrons. The van der Waals surface area contributed by atoms with E-state index < -0.39 is 0 Å². The van der Waals surface area contributed by atoms with Gasteiger partial charge in [-0.1, -0.05) is 30.3 Å². The number of nitrogens with zero attached hydrogens (tertiary/aromatic N) is 1. The maximum absolute atomic E-state index is 8.53. The number of nitrogens with two attached hydrogens (primary N) is 1. The lowest BCUT2D eigenvalue weighted by Crippen LogP contribution is -1.87. The molecular weight excluding hydrogens is 164 g/mol. The molecule has 1 rings (SSSR count). The molecule has 13 heavy (non-hydrogen) atoms. The van der Waals surface area contributed by atoms with Crippen LogP contribution in [0.5, 0.6) is 0 Å². The van der Waals surface area contributed by atoms with Crippen molar-refractivity contribution in [1.29, 1.82) is 5.26 Å². The minimum atomic E-state index is 0.287. The first-order chi connectivity index (χ1) is 6.35. The summed E-state index contributed by atoms with van der Waals surface area (Å²) < 4.78 is 0. The fraction of sp³-hybridized carbons (Fsp3) is 0.300. The standard InChI is InChI=1S/C9H12O.CH2N2/c10-8-4-7-9-5-2-1-3-6-9;2-1-3/h1-3,5-6,10H,4,7-8H2;2H2. The maximum Gasteiger partial charge on any atom is 0.173 e. The zero-order valence-corrected chi connectivity index (χ0v) is 7.48. The summed E-state index contributed by atoms with van der Waals surface area (Å²) in [7, 11) is 0. The third-order valence-electron chi connectivity index (χ3n) is 1.47. The molecule has 3 heteroatoms. The van der Waals surface area contributed by atoms with Crippen LogP contribution in [0.2, 0.25) is 0 Å². The number of nitriles is 1. The summed E-state index contributed by atoms with van der Waals surface area (Å²) in [6.07, 6.45) is 3.10. The van der Waals surface area contributed by atoms with Crippen molar-refractivity contribution in [2.75, 3.05) is 6.61 Å². The summed E-state index contributed by atoms with van der Waals surface area (Å²) >= 11 is 0. The predicted octanol–water partition coefficient (Wildman–Crippen LogP) is 1.04. The van der Waals surface area contributed by atoms with Crippen molar-refractivity contribution < 1.29 is 5.11 Å².